The van der Waals surface area contributed by atoms with Crippen LogP contribution in [-0.4, -0.2) is 11.5 Å². The van der Waals surface area contributed by atoms with E-state index in [4.69, 9.17) is 5.73 Å². The van der Waals surface area contributed by atoms with Gasteiger partial charge in [-0.25, -0.2) is 4.98 Å². The fourth-order valence-electron chi connectivity index (χ4n) is 1.60. The summed E-state index contributed by atoms with van der Waals surface area (Å²) >= 11 is 3.46. The number of pyridine rings is 1. The topological polar surface area (TPSA) is 50.9 Å². The van der Waals surface area contributed by atoms with Crippen LogP contribution < -0.4 is 11.1 Å². The average molecular weight is 266 g/mol. The van der Waals surface area contributed by atoms with Crippen LogP contribution in [0.25, 0.3) is 10.8 Å². The molecule has 0 aliphatic rings. The SMILES string of the molecule is CCNc1ncc(Br)c2c(N)cccc12. The molecule has 0 saturated heterocycles. The minimum absolute atomic E-state index is 0.765. The lowest BCUT2D eigenvalue weighted by molar-refractivity contribution is 1.17. The minimum atomic E-state index is 0.765. The number of aromatic nitrogens is 1. The van der Waals surface area contributed by atoms with E-state index in [2.05, 4.69) is 26.2 Å². The standard InChI is InChI=1S/C11H12BrN3/c1-2-14-11-7-4-3-5-9(13)10(7)8(12)6-15-11/h3-6H,2,13H2,1H3,(H,14,15). The molecule has 1 heterocycles. The van der Waals surface area contributed by atoms with E-state index in [-0.39, 0.29) is 0 Å². The lowest BCUT2D eigenvalue weighted by Gasteiger charge is -2.09. The fourth-order valence-corrected chi connectivity index (χ4v) is 2.14. The summed E-state index contributed by atoms with van der Waals surface area (Å²) in [6.07, 6.45) is 1.77. The molecule has 3 N–H and O–H groups in total. The molecule has 0 fully saturated rings. The van der Waals surface area contributed by atoms with Crippen molar-refractivity contribution in [3.05, 3.63) is 28.9 Å². The first-order chi connectivity index (χ1) is 7.24. The molecule has 1 aromatic heterocycles. The predicted octanol–water partition coefficient (Wildman–Crippen LogP) is 3.01. The Morgan fingerprint density at radius 3 is 3.00 bits per heavy atom. The first-order valence-electron chi connectivity index (χ1n) is 4.80. The summed E-state index contributed by atoms with van der Waals surface area (Å²) in [6, 6.07) is 5.84. The van der Waals surface area contributed by atoms with Gasteiger partial charge in [-0.3, -0.25) is 0 Å². The van der Waals surface area contributed by atoms with Gasteiger partial charge in [0.2, 0.25) is 0 Å². The molecule has 0 saturated carbocycles. The summed E-state index contributed by atoms with van der Waals surface area (Å²) in [4.78, 5) is 4.32. The Hall–Kier alpha value is -1.29. The Morgan fingerprint density at radius 1 is 1.47 bits per heavy atom. The van der Waals surface area contributed by atoms with Crippen molar-refractivity contribution >= 4 is 38.2 Å². The number of nitrogens with one attached hydrogen (secondary N) is 1. The zero-order valence-electron chi connectivity index (χ0n) is 8.42. The van der Waals surface area contributed by atoms with Crippen LogP contribution in [0.4, 0.5) is 11.5 Å². The molecule has 0 bridgehead atoms. The molecule has 2 rings (SSSR count). The molecule has 0 spiro atoms. The Kier molecular flexibility index (Phi) is 2.77. The van der Waals surface area contributed by atoms with Crippen LogP contribution in [0.3, 0.4) is 0 Å². The molecule has 0 unspecified atom stereocenters. The van der Waals surface area contributed by atoms with E-state index in [0.29, 0.717) is 0 Å². The van der Waals surface area contributed by atoms with Crippen LogP contribution in [0.2, 0.25) is 0 Å². The summed E-state index contributed by atoms with van der Waals surface area (Å²) in [5.74, 6) is 0.878. The van der Waals surface area contributed by atoms with Gasteiger partial charge >= 0.3 is 0 Å². The minimum Gasteiger partial charge on any atom is -0.398 e. The van der Waals surface area contributed by atoms with Crippen molar-refractivity contribution in [1.29, 1.82) is 0 Å². The zero-order chi connectivity index (χ0) is 10.8. The van der Waals surface area contributed by atoms with E-state index in [1.54, 1.807) is 6.20 Å². The Bertz CT molecular complexity index is 488. The van der Waals surface area contributed by atoms with Crippen LogP contribution >= 0.6 is 15.9 Å². The number of fused-ring (bicyclic) bond motifs is 1. The van der Waals surface area contributed by atoms with Crippen LogP contribution in [-0.2, 0) is 0 Å². The number of nitrogen functional groups attached to an aromatic ring is 1. The lowest BCUT2D eigenvalue weighted by Crippen LogP contribution is -2.00. The first-order valence-corrected chi connectivity index (χ1v) is 5.60. The number of benzene rings is 1. The average Bonchev–Trinajstić information content (AvgIpc) is 2.22. The highest BCUT2D eigenvalue weighted by atomic mass is 79.9. The quantitative estimate of drug-likeness (QED) is 0.821. The highest BCUT2D eigenvalue weighted by Crippen LogP contribution is 2.32. The number of rotatable bonds is 2. The Balaban J connectivity index is 2.76. The summed E-state index contributed by atoms with van der Waals surface area (Å²) in [7, 11) is 0. The molecular weight excluding hydrogens is 254 g/mol. The highest BCUT2D eigenvalue weighted by molar-refractivity contribution is 9.10. The van der Waals surface area contributed by atoms with Crippen LogP contribution in [0, 0.1) is 0 Å². The van der Waals surface area contributed by atoms with Crippen molar-refractivity contribution in [3.63, 3.8) is 0 Å². The number of nitrogens with zero attached hydrogens (tertiary/aromatic N) is 1. The van der Waals surface area contributed by atoms with Crippen molar-refractivity contribution in [1.82, 2.24) is 4.98 Å². The third-order valence-electron chi connectivity index (χ3n) is 2.24. The summed E-state index contributed by atoms with van der Waals surface area (Å²) in [5.41, 5.74) is 6.70. The number of hydrogen-bond donors (Lipinski definition) is 2. The van der Waals surface area contributed by atoms with Gasteiger partial charge in [-0.2, -0.15) is 0 Å². The molecule has 2 aromatic rings. The van der Waals surface area contributed by atoms with Crippen molar-refractivity contribution in [2.75, 3.05) is 17.6 Å². The second-order valence-corrected chi connectivity index (χ2v) is 4.11. The van der Waals surface area contributed by atoms with Crippen molar-refractivity contribution < 1.29 is 0 Å². The maximum atomic E-state index is 5.94. The predicted molar refractivity (Wildman–Crippen MR) is 68.0 cm³/mol. The monoisotopic (exact) mass is 265 g/mol. The van der Waals surface area contributed by atoms with Crippen LogP contribution in [0.15, 0.2) is 28.9 Å². The number of nitrogens with two attached hydrogens (primary N) is 1. The highest BCUT2D eigenvalue weighted by Gasteiger charge is 2.07. The number of hydrogen-bond acceptors (Lipinski definition) is 3. The van der Waals surface area contributed by atoms with E-state index >= 15 is 0 Å². The summed E-state index contributed by atoms with van der Waals surface area (Å²) in [5, 5.41) is 5.28. The summed E-state index contributed by atoms with van der Waals surface area (Å²) in [6.45, 7) is 2.89. The smallest absolute Gasteiger partial charge is 0.133 e. The number of halogens is 1. The Morgan fingerprint density at radius 2 is 2.27 bits per heavy atom. The molecule has 1 aromatic carbocycles. The van der Waals surface area contributed by atoms with Crippen molar-refractivity contribution in [3.8, 4) is 0 Å². The first kappa shape index (κ1) is 10.2. The molecule has 0 radical (unpaired) electrons. The molecule has 0 aliphatic carbocycles. The van der Waals surface area contributed by atoms with Crippen LogP contribution in [0.1, 0.15) is 6.92 Å². The lowest BCUT2D eigenvalue weighted by atomic mass is 10.1. The molecular formula is C11H12BrN3. The van der Waals surface area contributed by atoms with Gasteiger partial charge in [-0.1, -0.05) is 12.1 Å². The second kappa shape index (κ2) is 4.06. The van der Waals surface area contributed by atoms with Gasteiger partial charge in [0.15, 0.2) is 0 Å². The van der Waals surface area contributed by atoms with Gasteiger partial charge in [0.05, 0.1) is 0 Å². The van der Waals surface area contributed by atoms with E-state index in [9.17, 15) is 0 Å². The van der Waals surface area contributed by atoms with Crippen molar-refractivity contribution in [2.45, 2.75) is 6.92 Å². The molecule has 0 atom stereocenters. The molecule has 3 nitrogen and oxygen atoms in total. The third kappa shape index (κ3) is 1.77. The molecule has 78 valence electrons. The van der Waals surface area contributed by atoms with Gasteiger partial charge in [-0.15, -0.1) is 0 Å². The largest absolute Gasteiger partial charge is 0.398 e. The fraction of sp³-hybridized carbons (Fsp3) is 0.182. The van der Waals surface area contributed by atoms with Gasteiger partial charge in [0.1, 0.15) is 5.82 Å². The van der Waals surface area contributed by atoms with Gasteiger partial charge in [0, 0.05) is 33.7 Å². The normalized spacial score (nSPS) is 10.5. The van der Waals surface area contributed by atoms with Gasteiger partial charge in [-0.05, 0) is 28.9 Å². The van der Waals surface area contributed by atoms with E-state index in [1.807, 2.05) is 25.1 Å². The third-order valence-corrected chi connectivity index (χ3v) is 2.84. The van der Waals surface area contributed by atoms with Crippen LogP contribution in [0.5, 0.6) is 0 Å². The van der Waals surface area contributed by atoms with E-state index in [1.165, 1.54) is 0 Å². The maximum Gasteiger partial charge on any atom is 0.133 e. The molecule has 0 amide bonds. The zero-order valence-corrected chi connectivity index (χ0v) is 10.0. The summed E-state index contributed by atoms with van der Waals surface area (Å²) < 4.78 is 0.928. The van der Waals surface area contributed by atoms with Gasteiger partial charge < -0.3 is 11.1 Å². The molecule has 15 heavy (non-hydrogen) atoms. The van der Waals surface area contributed by atoms with E-state index in [0.717, 1.165) is 33.3 Å². The second-order valence-electron chi connectivity index (χ2n) is 3.25. The number of anilines is 2. The Labute approximate surface area is 96.8 Å². The van der Waals surface area contributed by atoms with Crippen molar-refractivity contribution in [2.24, 2.45) is 0 Å². The van der Waals surface area contributed by atoms with Gasteiger partial charge in [0.25, 0.3) is 0 Å². The molecule has 4 heteroatoms. The van der Waals surface area contributed by atoms with E-state index < -0.39 is 0 Å². The maximum absolute atomic E-state index is 5.94. The molecule has 0 aliphatic heterocycles.